The Morgan fingerprint density at radius 2 is 1.85 bits per heavy atom. The number of amides is 2. The highest BCUT2D eigenvalue weighted by atomic mass is 16.2. The Bertz CT molecular complexity index is 477. The number of nitrogens with one attached hydrogen (secondary N) is 1. The fourth-order valence-electron chi connectivity index (χ4n) is 2.50. The van der Waals surface area contributed by atoms with E-state index in [0.29, 0.717) is 0 Å². The molecule has 4 nitrogen and oxygen atoms in total. The molecule has 0 saturated carbocycles. The molecule has 1 aromatic carbocycles. The van der Waals surface area contributed by atoms with Gasteiger partial charge in [-0.25, -0.2) is 0 Å². The van der Waals surface area contributed by atoms with Crippen molar-refractivity contribution in [3.63, 3.8) is 0 Å². The third-order valence-electron chi connectivity index (χ3n) is 3.57. The molecule has 2 rings (SSSR count). The van der Waals surface area contributed by atoms with Crippen molar-refractivity contribution in [1.29, 1.82) is 0 Å². The SMILES string of the molecule is Cc1cccc(NC(=O)CC(=O)N2CCCCCC2)c1. The van der Waals surface area contributed by atoms with Gasteiger partial charge >= 0.3 is 0 Å². The molecule has 108 valence electrons. The van der Waals surface area contributed by atoms with Crippen molar-refractivity contribution in [3.8, 4) is 0 Å². The standard InChI is InChI=1S/C16H22N2O2/c1-13-7-6-8-14(11-13)17-15(19)12-16(20)18-9-4-2-3-5-10-18/h6-8,11H,2-5,9-10,12H2,1H3,(H,17,19). The zero-order chi connectivity index (χ0) is 14.4. The Morgan fingerprint density at radius 3 is 2.50 bits per heavy atom. The number of carbonyl (C=O) groups excluding carboxylic acids is 2. The van der Waals surface area contributed by atoms with Crippen LogP contribution in [0.3, 0.4) is 0 Å². The molecular weight excluding hydrogens is 252 g/mol. The van der Waals surface area contributed by atoms with Gasteiger partial charge in [0.15, 0.2) is 0 Å². The maximum Gasteiger partial charge on any atom is 0.233 e. The molecule has 0 atom stereocenters. The summed E-state index contributed by atoms with van der Waals surface area (Å²) in [4.78, 5) is 25.8. The molecule has 0 radical (unpaired) electrons. The monoisotopic (exact) mass is 274 g/mol. The zero-order valence-corrected chi connectivity index (χ0v) is 12.0. The molecule has 20 heavy (non-hydrogen) atoms. The van der Waals surface area contributed by atoms with E-state index in [4.69, 9.17) is 0 Å². The summed E-state index contributed by atoms with van der Waals surface area (Å²) >= 11 is 0. The summed E-state index contributed by atoms with van der Waals surface area (Å²) in [6.07, 6.45) is 4.39. The minimum atomic E-state index is -0.232. The molecule has 4 heteroatoms. The molecule has 1 aliphatic rings. The van der Waals surface area contributed by atoms with Gasteiger partial charge in [0.2, 0.25) is 11.8 Å². The normalized spacial score (nSPS) is 15.6. The topological polar surface area (TPSA) is 49.4 Å². The van der Waals surface area contributed by atoms with Gasteiger partial charge in [0.25, 0.3) is 0 Å². The Kier molecular flexibility index (Phi) is 5.16. The van der Waals surface area contributed by atoms with Crippen molar-refractivity contribution in [3.05, 3.63) is 29.8 Å². The van der Waals surface area contributed by atoms with E-state index in [1.165, 1.54) is 12.8 Å². The van der Waals surface area contributed by atoms with Crippen molar-refractivity contribution in [1.82, 2.24) is 4.90 Å². The molecule has 1 N–H and O–H groups in total. The minimum Gasteiger partial charge on any atom is -0.342 e. The number of aryl methyl sites for hydroxylation is 1. The van der Waals surface area contributed by atoms with Gasteiger partial charge in [-0.3, -0.25) is 9.59 Å². The number of hydrogen-bond donors (Lipinski definition) is 1. The van der Waals surface area contributed by atoms with Gasteiger partial charge < -0.3 is 10.2 Å². The predicted octanol–water partition coefficient (Wildman–Crippen LogP) is 2.73. The number of benzene rings is 1. The van der Waals surface area contributed by atoms with Gasteiger partial charge in [0.05, 0.1) is 0 Å². The summed E-state index contributed by atoms with van der Waals surface area (Å²) in [6.45, 7) is 3.55. The summed E-state index contributed by atoms with van der Waals surface area (Å²) in [5.41, 5.74) is 1.83. The molecule has 0 aliphatic carbocycles. The lowest BCUT2D eigenvalue weighted by Gasteiger charge is -2.19. The first-order chi connectivity index (χ1) is 9.65. The van der Waals surface area contributed by atoms with Gasteiger partial charge in [-0.1, -0.05) is 25.0 Å². The number of likely N-dealkylation sites (tertiary alicyclic amines) is 1. The number of nitrogens with zero attached hydrogens (tertiary/aromatic N) is 1. The number of rotatable bonds is 3. The Labute approximate surface area is 120 Å². The number of hydrogen-bond acceptors (Lipinski definition) is 2. The molecule has 1 heterocycles. The van der Waals surface area contributed by atoms with Gasteiger partial charge in [-0.15, -0.1) is 0 Å². The Hall–Kier alpha value is -1.84. The fraction of sp³-hybridized carbons (Fsp3) is 0.500. The van der Waals surface area contributed by atoms with Crippen molar-refractivity contribution >= 4 is 17.5 Å². The molecule has 1 fully saturated rings. The van der Waals surface area contributed by atoms with Crippen LogP contribution in [0.1, 0.15) is 37.7 Å². The van der Waals surface area contributed by atoms with Crippen LogP contribution in [-0.4, -0.2) is 29.8 Å². The second-order valence-electron chi connectivity index (χ2n) is 5.39. The van der Waals surface area contributed by atoms with E-state index in [1.807, 2.05) is 36.1 Å². The van der Waals surface area contributed by atoms with Gasteiger partial charge in [0.1, 0.15) is 6.42 Å². The predicted molar refractivity (Wildman–Crippen MR) is 79.5 cm³/mol. The van der Waals surface area contributed by atoms with E-state index >= 15 is 0 Å². The average molecular weight is 274 g/mol. The Morgan fingerprint density at radius 1 is 1.15 bits per heavy atom. The molecule has 0 bridgehead atoms. The van der Waals surface area contributed by atoms with Crippen LogP contribution in [-0.2, 0) is 9.59 Å². The van der Waals surface area contributed by atoms with E-state index in [-0.39, 0.29) is 18.2 Å². The van der Waals surface area contributed by atoms with Gasteiger partial charge in [-0.05, 0) is 37.5 Å². The average Bonchev–Trinajstić information content (AvgIpc) is 2.67. The van der Waals surface area contributed by atoms with Gasteiger partial charge in [-0.2, -0.15) is 0 Å². The summed E-state index contributed by atoms with van der Waals surface area (Å²) in [7, 11) is 0. The van der Waals surface area contributed by atoms with Crippen molar-refractivity contribution in [2.24, 2.45) is 0 Å². The lowest BCUT2D eigenvalue weighted by molar-refractivity contribution is -0.134. The number of anilines is 1. The molecule has 0 aromatic heterocycles. The molecule has 1 saturated heterocycles. The van der Waals surface area contributed by atoms with Crippen LogP contribution in [0.5, 0.6) is 0 Å². The lowest BCUT2D eigenvalue weighted by Crippen LogP contribution is -2.34. The van der Waals surface area contributed by atoms with Crippen LogP contribution >= 0.6 is 0 Å². The second kappa shape index (κ2) is 7.08. The first-order valence-corrected chi connectivity index (χ1v) is 7.29. The molecule has 0 unspecified atom stereocenters. The maximum atomic E-state index is 12.1. The van der Waals surface area contributed by atoms with E-state index < -0.39 is 0 Å². The highest BCUT2D eigenvalue weighted by Gasteiger charge is 2.18. The van der Waals surface area contributed by atoms with E-state index in [2.05, 4.69) is 5.32 Å². The Balaban J connectivity index is 1.85. The van der Waals surface area contributed by atoms with Crippen LogP contribution < -0.4 is 5.32 Å². The third kappa shape index (κ3) is 4.37. The third-order valence-corrected chi connectivity index (χ3v) is 3.57. The molecule has 1 aromatic rings. The molecule has 1 aliphatic heterocycles. The number of carbonyl (C=O) groups is 2. The van der Waals surface area contributed by atoms with Crippen molar-refractivity contribution in [2.45, 2.75) is 39.0 Å². The van der Waals surface area contributed by atoms with Crippen molar-refractivity contribution in [2.75, 3.05) is 18.4 Å². The quantitative estimate of drug-likeness (QED) is 0.862. The summed E-state index contributed by atoms with van der Waals surface area (Å²) < 4.78 is 0. The maximum absolute atomic E-state index is 12.1. The second-order valence-corrected chi connectivity index (χ2v) is 5.39. The molecular formula is C16H22N2O2. The van der Waals surface area contributed by atoms with Crippen LogP contribution in [0.15, 0.2) is 24.3 Å². The highest BCUT2D eigenvalue weighted by molar-refractivity contribution is 6.03. The van der Waals surface area contributed by atoms with Crippen LogP contribution in [0.4, 0.5) is 5.69 Å². The summed E-state index contributed by atoms with van der Waals surface area (Å²) in [6, 6.07) is 7.59. The first kappa shape index (κ1) is 14.6. The molecule has 0 spiro atoms. The van der Waals surface area contributed by atoms with E-state index in [1.54, 1.807) is 0 Å². The van der Waals surface area contributed by atoms with Crippen molar-refractivity contribution < 1.29 is 9.59 Å². The molecule has 2 amide bonds. The van der Waals surface area contributed by atoms with Crippen LogP contribution in [0.25, 0.3) is 0 Å². The van der Waals surface area contributed by atoms with E-state index in [9.17, 15) is 9.59 Å². The highest BCUT2D eigenvalue weighted by Crippen LogP contribution is 2.12. The summed E-state index contributed by atoms with van der Waals surface area (Å²) in [5, 5.41) is 2.78. The fourth-order valence-corrected chi connectivity index (χ4v) is 2.50. The minimum absolute atomic E-state index is 0.0583. The summed E-state index contributed by atoms with van der Waals surface area (Å²) in [5.74, 6) is -0.290. The lowest BCUT2D eigenvalue weighted by atomic mass is 10.2. The largest absolute Gasteiger partial charge is 0.342 e. The zero-order valence-electron chi connectivity index (χ0n) is 12.0. The van der Waals surface area contributed by atoms with E-state index in [0.717, 1.165) is 37.2 Å². The smallest absolute Gasteiger partial charge is 0.233 e. The van der Waals surface area contributed by atoms with Crippen LogP contribution in [0.2, 0.25) is 0 Å². The first-order valence-electron chi connectivity index (χ1n) is 7.29. The van der Waals surface area contributed by atoms with Crippen LogP contribution in [0, 0.1) is 6.92 Å². The van der Waals surface area contributed by atoms with Gasteiger partial charge in [0, 0.05) is 18.8 Å².